The fourth-order valence-electron chi connectivity index (χ4n) is 10.9. The molecule has 1 unspecified atom stereocenters. The van der Waals surface area contributed by atoms with Crippen molar-refractivity contribution in [3.8, 4) is 0 Å². The second kappa shape index (κ2) is 27.8. The van der Waals surface area contributed by atoms with Crippen molar-refractivity contribution in [2.45, 2.75) is 202 Å². The summed E-state index contributed by atoms with van der Waals surface area (Å²) in [5.74, 6) is 2.72. The van der Waals surface area contributed by atoms with Crippen molar-refractivity contribution < 1.29 is 19.0 Å². The number of rotatable bonds is 33. The second-order valence-electron chi connectivity index (χ2n) is 18.6. The van der Waals surface area contributed by atoms with Gasteiger partial charge in [-0.2, -0.15) is 0 Å². The van der Waals surface area contributed by atoms with Crippen LogP contribution in [0.2, 0.25) is 0 Å². The molecule has 2 aliphatic rings. The molecule has 0 saturated heterocycles. The van der Waals surface area contributed by atoms with E-state index in [9.17, 15) is 4.79 Å². The zero-order valence-electron chi connectivity index (χ0n) is 37.7. The Kier molecular flexibility index (Phi) is 25.5. The maximum Gasteiger partial charge on any atom is 0.222 e. The lowest BCUT2D eigenvalue weighted by Gasteiger charge is -2.59. The minimum atomic E-state index is 0.0102. The van der Waals surface area contributed by atoms with Gasteiger partial charge in [0.05, 0.1) is 18.3 Å². The lowest BCUT2D eigenvalue weighted by Crippen LogP contribution is -2.58. The molecule has 2 saturated carbocycles. The summed E-state index contributed by atoms with van der Waals surface area (Å²) in [5.41, 5.74) is 17.9. The van der Waals surface area contributed by atoms with Crippen molar-refractivity contribution in [2.75, 3.05) is 52.5 Å². The van der Waals surface area contributed by atoms with Gasteiger partial charge in [0.2, 0.25) is 5.91 Å². The number of amides is 1. The van der Waals surface area contributed by atoms with Crippen LogP contribution in [-0.2, 0) is 19.0 Å². The Labute approximate surface area is 341 Å². The van der Waals surface area contributed by atoms with Crippen LogP contribution in [-0.4, -0.2) is 81.7 Å². The van der Waals surface area contributed by atoms with Gasteiger partial charge < -0.3 is 36.3 Å². The van der Waals surface area contributed by atoms with Gasteiger partial charge in [0.1, 0.15) is 0 Å². The summed E-state index contributed by atoms with van der Waals surface area (Å²) >= 11 is 0. The van der Waals surface area contributed by atoms with Gasteiger partial charge >= 0.3 is 0 Å². The van der Waals surface area contributed by atoms with Crippen LogP contribution in [0.3, 0.4) is 0 Å². The molecule has 9 atom stereocenters. The molecule has 8 heteroatoms. The molecule has 0 aromatic heterocycles. The van der Waals surface area contributed by atoms with Gasteiger partial charge in [0.15, 0.2) is 0 Å². The molecule has 1 amide bonds. The van der Waals surface area contributed by atoms with E-state index in [2.05, 4.69) is 60.3 Å². The molecule has 2 rings (SSSR count). The van der Waals surface area contributed by atoms with Crippen molar-refractivity contribution in [3.05, 3.63) is 0 Å². The minimum Gasteiger partial charge on any atom is -0.378 e. The second-order valence-corrected chi connectivity index (χ2v) is 18.6. The van der Waals surface area contributed by atoms with Gasteiger partial charge in [0, 0.05) is 44.7 Å². The van der Waals surface area contributed by atoms with Crippen molar-refractivity contribution in [2.24, 2.45) is 57.6 Å². The Morgan fingerprint density at radius 3 is 1.95 bits per heavy atom. The van der Waals surface area contributed by atoms with Crippen molar-refractivity contribution in [1.82, 2.24) is 4.90 Å². The number of hydrogen-bond donors (Lipinski definition) is 3. The van der Waals surface area contributed by atoms with Crippen LogP contribution in [0.15, 0.2) is 0 Å². The predicted octanol–water partition coefficient (Wildman–Crippen LogP) is 9.89. The lowest BCUT2D eigenvalue weighted by atomic mass is 9.49. The quantitative estimate of drug-likeness (QED) is 0.0567. The predicted molar refractivity (Wildman–Crippen MR) is 233 cm³/mol. The molecule has 55 heavy (non-hydrogen) atoms. The first kappa shape index (κ1) is 50.4. The molecular formula is C47H94N4O4. The van der Waals surface area contributed by atoms with Crippen LogP contribution in [0.4, 0.5) is 0 Å². The van der Waals surface area contributed by atoms with Crippen LogP contribution >= 0.6 is 0 Å². The Morgan fingerprint density at radius 2 is 1.38 bits per heavy atom. The molecule has 326 valence electrons. The number of hydrogen-bond acceptors (Lipinski definition) is 7. The van der Waals surface area contributed by atoms with E-state index in [1.807, 2.05) is 0 Å². The Bertz CT molecular complexity index is 971. The molecule has 8 nitrogen and oxygen atoms in total. The van der Waals surface area contributed by atoms with E-state index in [0.717, 1.165) is 96.9 Å². The van der Waals surface area contributed by atoms with Crippen LogP contribution in [0.25, 0.3) is 0 Å². The van der Waals surface area contributed by atoms with Crippen LogP contribution < -0.4 is 17.2 Å². The van der Waals surface area contributed by atoms with E-state index in [1.54, 1.807) is 0 Å². The van der Waals surface area contributed by atoms with Crippen LogP contribution in [0.5, 0.6) is 0 Å². The Hall–Kier alpha value is -0.770. The number of ether oxygens (including phenoxy) is 3. The number of fused-ring (bicyclic) bond motifs is 1. The summed E-state index contributed by atoms with van der Waals surface area (Å²) in [5, 5.41) is 0. The van der Waals surface area contributed by atoms with Gasteiger partial charge in [0.25, 0.3) is 0 Å². The van der Waals surface area contributed by atoms with Gasteiger partial charge in [-0.05, 0) is 138 Å². The zero-order valence-corrected chi connectivity index (χ0v) is 37.7. The molecule has 0 aromatic rings. The maximum absolute atomic E-state index is 13.9. The molecule has 0 aliphatic heterocycles. The molecule has 0 radical (unpaired) electrons. The Morgan fingerprint density at radius 1 is 0.782 bits per heavy atom. The largest absolute Gasteiger partial charge is 0.378 e. The summed E-state index contributed by atoms with van der Waals surface area (Å²) in [6.45, 7) is 25.1. The molecule has 6 N–H and O–H groups in total. The van der Waals surface area contributed by atoms with E-state index < -0.39 is 0 Å². The summed E-state index contributed by atoms with van der Waals surface area (Å²) in [6, 6.07) is 0. The van der Waals surface area contributed by atoms with Crippen molar-refractivity contribution >= 4 is 5.91 Å². The highest BCUT2D eigenvalue weighted by molar-refractivity contribution is 5.76. The zero-order chi connectivity index (χ0) is 40.7. The first-order chi connectivity index (χ1) is 26.5. The topological polar surface area (TPSA) is 126 Å². The third-order valence-corrected chi connectivity index (χ3v) is 14.3. The number of carbonyl (C=O) groups excluding carboxylic acids is 1. The fourth-order valence-corrected chi connectivity index (χ4v) is 10.9. The van der Waals surface area contributed by atoms with E-state index in [1.165, 1.54) is 51.4 Å². The first-order valence-electron chi connectivity index (χ1n) is 23.7. The van der Waals surface area contributed by atoms with Crippen LogP contribution in [0, 0.1) is 40.4 Å². The highest BCUT2D eigenvalue weighted by atomic mass is 16.5. The normalized spacial score (nSPS) is 25.8. The Balaban J connectivity index is 2.40. The lowest BCUT2D eigenvalue weighted by molar-refractivity contribution is -0.185. The summed E-state index contributed by atoms with van der Waals surface area (Å²) in [4.78, 5) is 16.1. The van der Waals surface area contributed by atoms with E-state index >= 15 is 0 Å². The molecule has 2 aliphatic carbocycles. The highest BCUT2D eigenvalue weighted by Crippen LogP contribution is 2.65. The van der Waals surface area contributed by atoms with Gasteiger partial charge in [-0.3, -0.25) is 4.79 Å². The highest BCUT2D eigenvalue weighted by Gasteiger charge is 2.62. The molecule has 0 heterocycles. The number of nitrogens with zero attached hydrogens (tertiary/aromatic N) is 1. The van der Waals surface area contributed by atoms with Gasteiger partial charge in [-0.1, -0.05) is 93.9 Å². The third kappa shape index (κ3) is 15.7. The van der Waals surface area contributed by atoms with E-state index in [0.29, 0.717) is 68.2 Å². The van der Waals surface area contributed by atoms with Gasteiger partial charge in [-0.15, -0.1) is 0 Å². The molecular weight excluding hydrogens is 685 g/mol. The molecule has 0 spiro atoms. The smallest absolute Gasteiger partial charge is 0.222 e. The summed E-state index contributed by atoms with van der Waals surface area (Å²) in [7, 11) is 0. The standard InChI is InChI=1S/C47H94N4O4/c1-9-13-15-17-31-51(32-18-16-14-10-2)44(52)25-22-37(5)39-23-24-40-45(42(12-4)54-34-20-29-49)41(36-43(47(39,40)8)55-35-21-30-50)46(6,7)27-26-38(11-3)53-33-19-28-48/h37-43,45H,9-36,48-50H2,1-8H3/t37-,38+,39-,40+,41+,42-,43+,45?,47-/m1/s1. The van der Waals surface area contributed by atoms with E-state index in [4.69, 9.17) is 31.4 Å². The SMILES string of the molecule is CCCCCCN(CCCCCC)C(=O)CC[C@@H](C)[C@H]1CC[C@H]2C([C@@H](CC)OCCCN)[C@@H](C(C)(C)CC[C@H](CC)OCCCN)C[C@H](OCCCN)[C@]12C. The van der Waals surface area contributed by atoms with Crippen LogP contribution in [0.1, 0.15) is 184 Å². The molecule has 0 aromatic carbocycles. The number of carbonyl (C=O) groups is 1. The average molecular weight is 779 g/mol. The number of nitrogens with two attached hydrogens (primary N) is 3. The van der Waals surface area contributed by atoms with Crippen molar-refractivity contribution in [1.29, 1.82) is 0 Å². The van der Waals surface area contributed by atoms with E-state index in [-0.39, 0.29) is 29.1 Å². The third-order valence-electron chi connectivity index (χ3n) is 14.3. The van der Waals surface area contributed by atoms with Crippen molar-refractivity contribution in [3.63, 3.8) is 0 Å². The molecule has 2 fully saturated rings. The average Bonchev–Trinajstić information content (AvgIpc) is 3.54. The summed E-state index contributed by atoms with van der Waals surface area (Å²) in [6.07, 6.45) is 22.2. The summed E-state index contributed by atoms with van der Waals surface area (Å²) < 4.78 is 20.2. The molecule has 0 bridgehead atoms. The maximum atomic E-state index is 13.9. The monoisotopic (exact) mass is 779 g/mol. The van der Waals surface area contributed by atoms with Gasteiger partial charge in [-0.25, -0.2) is 0 Å². The minimum absolute atomic E-state index is 0.0102. The first-order valence-corrected chi connectivity index (χ1v) is 23.7. The fraction of sp³-hybridized carbons (Fsp3) is 0.979. The number of unbranched alkanes of at least 4 members (excludes halogenated alkanes) is 6.